The first-order valence-corrected chi connectivity index (χ1v) is 6.42. The van der Waals surface area contributed by atoms with Gasteiger partial charge >= 0.3 is 0 Å². The molecule has 17 heavy (non-hydrogen) atoms. The molecule has 0 saturated heterocycles. The predicted octanol–water partition coefficient (Wildman–Crippen LogP) is 1.13. The highest BCUT2D eigenvalue weighted by molar-refractivity contribution is 9.10. The number of nitrogens with zero attached hydrogens (tertiary/aromatic N) is 3. The average molecular weight is 303 g/mol. The zero-order valence-electron chi connectivity index (χ0n) is 10.5. The van der Waals surface area contributed by atoms with Crippen LogP contribution in [-0.4, -0.2) is 47.1 Å². The Bertz CT molecular complexity index is 389. The summed E-state index contributed by atoms with van der Waals surface area (Å²) in [7, 11) is 3.97. The molecule has 0 amide bonds. The number of carbonyl (C=O) groups is 1. The molecular formula is C11H19BrN4O. The number of hydrogen-bond donors (Lipinski definition) is 1. The van der Waals surface area contributed by atoms with Crippen LogP contribution < -0.4 is 5.73 Å². The Kier molecular flexibility index (Phi) is 5.30. The van der Waals surface area contributed by atoms with Crippen LogP contribution in [0.4, 0.5) is 0 Å². The minimum atomic E-state index is -0.457. The lowest BCUT2D eigenvalue weighted by Gasteiger charge is -2.13. The molecule has 1 aromatic rings. The Morgan fingerprint density at radius 2 is 2.29 bits per heavy atom. The zero-order chi connectivity index (χ0) is 13.0. The van der Waals surface area contributed by atoms with E-state index in [9.17, 15) is 4.79 Å². The molecular weight excluding hydrogens is 284 g/mol. The van der Waals surface area contributed by atoms with Gasteiger partial charge in [0.2, 0.25) is 0 Å². The summed E-state index contributed by atoms with van der Waals surface area (Å²) in [6.45, 7) is 3.41. The Balaban J connectivity index is 2.90. The molecule has 2 N–H and O–H groups in total. The van der Waals surface area contributed by atoms with Crippen LogP contribution in [0.1, 0.15) is 23.8 Å². The average Bonchev–Trinajstić information content (AvgIpc) is 2.65. The minimum Gasteiger partial charge on any atom is -0.321 e. The third kappa shape index (κ3) is 3.62. The van der Waals surface area contributed by atoms with Crippen molar-refractivity contribution in [3.05, 3.63) is 16.4 Å². The maximum absolute atomic E-state index is 12.1. The molecule has 1 aromatic heterocycles. The van der Waals surface area contributed by atoms with Gasteiger partial charge in [0.25, 0.3) is 0 Å². The fourth-order valence-electron chi connectivity index (χ4n) is 1.43. The molecule has 0 bridgehead atoms. The van der Waals surface area contributed by atoms with Gasteiger partial charge in [0.15, 0.2) is 5.78 Å². The molecule has 1 heterocycles. The van der Waals surface area contributed by atoms with Crippen molar-refractivity contribution in [2.45, 2.75) is 25.9 Å². The third-order valence-corrected chi connectivity index (χ3v) is 3.14. The van der Waals surface area contributed by atoms with E-state index < -0.39 is 6.04 Å². The highest BCUT2D eigenvalue weighted by Gasteiger charge is 2.21. The topological polar surface area (TPSA) is 64.2 Å². The summed E-state index contributed by atoms with van der Waals surface area (Å²) in [5, 5.41) is 4.19. The van der Waals surface area contributed by atoms with Crippen LogP contribution in [0, 0.1) is 0 Å². The van der Waals surface area contributed by atoms with Gasteiger partial charge in [-0.3, -0.25) is 9.48 Å². The lowest BCUT2D eigenvalue weighted by Crippen LogP contribution is -2.32. The summed E-state index contributed by atoms with van der Waals surface area (Å²) in [6.07, 6.45) is 2.27. The Hall–Kier alpha value is -0.720. The number of rotatable bonds is 6. The number of likely N-dealkylation sites (N-methyl/N-ethyl adjacent to an activating group) is 1. The molecule has 1 unspecified atom stereocenters. The summed E-state index contributed by atoms with van der Waals surface area (Å²) in [5.74, 6) is -0.0596. The third-order valence-electron chi connectivity index (χ3n) is 2.56. The van der Waals surface area contributed by atoms with Crippen molar-refractivity contribution >= 4 is 21.7 Å². The molecule has 0 saturated carbocycles. The number of Topliss-reactive ketones (excluding diaryl/α,β-unsaturated/α-hetero) is 1. The lowest BCUT2D eigenvalue weighted by molar-refractivity contribution is 0.0947. The minimum absolute atomic E-state index is 0.0596. The van der Waals surface area contributed by atoms with Gasteiger partial charge in [-0.05, 0) is 36.4 Å². The predicted molar refractivity (Wildman–Crippen MR) is 71.1 cm³/mol. The van der Waals surface area contributed by atoms with Crippen molar-refractivity contribution in [1.29, 1.82) is 0 Å². The monoisotopic (exact) mass is 302 g/mol. The van der Waals surface area contributed by atoms with E-state index in [-0.39, 0.29) is 5.78 Å². The second-order valence-corrected chi connectivity index (χ2v) is 5.10. The van der Waals surface area contributed by atoms with E-state index >= 15 is 0 Å². The molecule has 6 heteroatoms. The summed E-state index contributed by atoms with van der Waals surface area (Å²) >= 11 is 3.35. The molecule has 0 fully saturated rings. The molecule has 0 spiro atoms. The van der Waals surface area contributed by atoms with Crippen LogP contribution in [0.2, 0.25) is 0 Å². The van der Waals surface area contributed by atoms with Crippen LogP contribution in [0.25, 0.3) is 0 Å². The largest absolute Gasteiger partial charge is 0.321 e. The van der Waals surface area contributed by atoms with E-state index in [1.165, 1.54) is 0 Å². The fourth-order valence-corrected chi connectivity index (χ4v) is 1.92. The van der Waals surface area contributed by atoms with Crippen LogP contribution in [0.3, 0.4) is 0 Å². The van der Waals surface area contributed by atoms with E-state index in [0.29, 0.717) is 23.1 Å². The zero-order valence-corrected chi connectivity index (χ0v) is 12.1. The molecule has 0 aliphatic rings. The van der Waals surface area contributed by atoms with Crippen molar-refractivity contribution in [2.24, 2.45) is 5.73 Å². The van der Waals surface area contributed by atoms with Crippen molar-refractivity contribution in [1.82, 2.24) is 14.7 Å². The fraction of sp³-hybridized carbons (Fsp3) is 0.636. The first kappa shape index (κ1) is 14.3. The van der Waals surface area contributed by atoms with E-state index in [0.717, 1.165) is 6.54 Å². The number of carbonyl (C=O) groups excluding carboxylic acids is 1. The highest BCUT2D eigenvalue weighted by atomic mass is 79.9. The smallest absolute Gasteiger partial charge is 0.198 e. The summed E-state index contributed by atoms with van der Waals surface area (Å²) in [5.41, 5.74) is 6.35. The molecule has 0 aromatic carbocycles. The summed E-state index contributed by atoms with van der Waals surface area (Å²) in [6, 6.07) is -0.457. The van der Waals surface area contributed by atoms with E-state index in [2.05, 4.69) is 21.0 Å². The van der Waals surface area contributed by atoms with Gasteiger partial charge in [-0.1, -0.05) is 6.92 Å². The maximum atomic E-state index is 12.1. The molecule has 5 nitrogen and oxygen atoms in total. The first-order valence-electron chi connectivity index (χ1n) is 5.63. The first-order chi connectivity index (χ1) is 7.97. The van der Waals surface area contributed by atoms with Gasteiger partial charge in [0.1, 0.15) is 5.69 Å². The maximum Gasteiger partial charge on any atom is 0.198 e. The lowest BCUT2D eigenvalue weighted by atomic mass is 10.1. The second kappa shape index (κ2) is 6.28. The standard InChI is InChI=1S/C11H19BrN4O/c1-4-9(13)11(17)10-8(12)7-14-16(10)6-5-15(2)3/h7,9H,4-6,13H2,1-3H3. The molecule has 96 valence electrons. The van der Waals surface area contributed by atoms with E-state index in [4.69, 9.17) is 5.73 Å². The van der Waals surface area contributed by atoms with Crippen LogP contribution >= 0.6 is 15.9 Å². The highest BCUT2D eigenvalue weighted by Crippen LogP contribution is 2.18. The summed E-state index contributed by atoms with van der Waals surface area (Å²) < 4.78 is 2.42. The Morgan fingerprint density at radius 3 is 2.82 bits per heavy atom. The van der Waals surface area contributed by atoms with Gasteiger partial charge < -0.3 is 10.6 Å². The molecule has 0 radical (unpaired) electrons. The number of hydrogen-bond acceptors (Lipinski definition) is 4. The number of ketones is 1. The van der Waals surface area contributed by atoms with Crippen molar-refractivity contribution in [2.75, 3.05) is 20.6 Å². The normalized spacial score (nSPS) is 13.1. The van der Waals surface area contributed by atoms with Crippen LogP contribution in [0.5, 0.6) is 0 Å². The Morgan fingerprint density at radius 1 is 1.65 bits per heavy atom. The number of aromatic nitrogens is 2. The molecule has 1 rings (SSSR count). The van der Waals surface area contributed by atoms with Crippen LogP contribution in [0.15, 0.2) is 10.7 Å². The van der Waals surface area contributed by atoms with E-state index in [1.807, 2.05) is 25.9 Å². The number of nitrogens with two attached hydrogens (primary N) is 1. The molecule has 0 aliphatic heterocycles. The molecule has 0 aliphatic carbocycles. The SMILES string of the molecule is CCC(N)C(=O)c1c(Br)cnn1CCN(C)C. The number of halogens is 1. The van der Waals surface area contributed by atoms with Gasteiger partial charge in [0, 0.05) is 6.54 Å². The van der Waals surface area contributed by atoms with Gasteiger partial charge in [-0.2, -0.15) is 5.10 Å². The van der Waals surface area contributed by atoms with Crippen LogP contribution in [-0.2, 0) is 6.54 Å². The quantitative estimate of drug-likeness (QED) is 0.800. The summed E-state index contributed by atoms with van der Waals surface area (Å²) in [4.78, 5) is 14.1. The second-order valence-electron chi connectivity index (χ2n) is 4.25. The van der Waals surface area contributed by atoms with Gasteiger partial charge in [0.05, 0.1) is 23.3 Å². The van der Waals surface area contributed by atoms with Gasteiger partial charge in [-0.25, -0.2) is 0 Å². The van der Waals surface area contributed by atoms with Gasteiger partial charge in [-0.15, -0.1) is 0 Å². The van der Waals surface area contributed by atoms with Crippen molar-refractivity contribution < 1.29 is 4.79 Å². The van der Waals surface area contributed by atoms with Crippen molar-refractivity contribution in [3.63, 3.8) is 0 Å². The van der Waals surface area contributed by atoms with E-state index in [1.54, 1.807) is 10.9 Å². The Labute approximate surface area is 110 Å². The van der Waals surface area contributed by atoms with Crippen molar-refractivity contribution in [3.8, 4) is 0 Å². The molecule has 1 atom stereocenters.